The first-order valence-electron chi connectivity index (χ1n) is 10.2. The SMILES string of the molecule is O=C(NC1CCN(C(=O)c2cccc3ccccc23)CC1)c1ccc2c(c1)OCO2. The minimum atomic E-state index is -0.132. The Morgan fingerprint density at radius 2 is 1.67 bits per heavy atom. The van der Waals surface area contributed by atoms with Gasteiger partial charge in [0.25, 0.3) is 11.8 Å². The Morgan fingerprint density at radius 1 is 0.900 bits per heavy atom. The van der Waals surface area contributed by atoms with Crippen molar-refractivity contribution in [2.45, 2.75) is 18.9 Å². The highest BCUT2D eigenvalue weighted by Crippen LogP contribution is 2.32. The van der Waals surface area contributed by atoms with Crippen molar-refractivity contribution in [3.8, 4) is 11.5 Å². The second-order valence-corrected chi connectivity index (χ2v) is 7.63. The molecule has 0 aliphatic carbocycles. The summed E-state index contributed by atoms with van der Waals surface area (Å²) in [7, 11) is 0. The van der Waals surface area contributed by atoms with Crippen LogP contribution in [-0.4, -0.2) is 42.6 Å². The minimum Gasteiger partial charge on any atom is -0.454 e. The van der Waals surface area contributed by atoms with Gasteiger partial charge in [-0.1, -0.05) is 36.4 Å². The van der Waals surface area contributed by atoms with E-state index in [9.17, 15) is 9.59 Å². The number of benzene rings is 3. The van der Waals surface area contributed by atoms with Crippen LogP contribution in [0.5, 0.6) is 11.5 Å². The van der Waals surface area contributed by atoms with E-state index in [0.29, 0.717) is 30.2 Å². The van der Waals surface area contributed by atoms with Gasteiger partial charge in [0, 0.05) is 30.3 Å². The lowest BCUT2D eigenvalue weighted by Crippen LogP contribution is -2.46. The van der Waals surface area contributed by atoms with Crippen molar-refractivity contribution < 1.29 is 19.1 Å². The maximum Gasteiger partial charge on any atom is 0.254 e. The summed E-state index contributed by atoms with van der Waals surface area (Å²) in [5.74, 6) is 1.17. The van der Waals surface area contributed by atoms with Crippen molar-refractivity contribution >= 4 is 22.6 Å². The fourth-order valence-electron chi connectivity index (χ4n) is 4.12. The molecule has 152 valence electrons. The van der Waals surface area contributed by atoms with Crippen LogP contribution in [0.2, 0.25) is 0 Å². The molecule has 6 nitrogen and oxygen atoms in total. The number of amides is 2. The number of piperidine rings is 1. The molecule has 3 aromatic rings. The lowest BCUT2D eigenvalue weighted by molar-refractivity contribution is 0.0700. The van der Waals surface area contributed by atoms with Crippen LogP contribution in [0, 0.1) is 0 Å². The zero-order valence-electron chi connectivity index (χ0n) is 16.5. The summed E-state index contributed by atoms with van der Waals surface area (Å²) in [4.78, 5) is 27.6. The molecule has 1 fully saturated rings. The molecule has 6 heteroatoms. The maximum atomic E-state index is 13.1. The quantitative estimate of drug-likeness (QED) is 0.727. The van der Waals surface area contributed by atoms with Crippen molar-refractivity contribution in [2.24, 2.45) is 0 Å². The summed E-state index contributed by atoms with van der Waals surface area (Å²) in [5, 5.41) is 5.12. The monoisotopic (exact) mass is 402 g/mol. The number of ether oxygens (including phenoxy) is 2. The predicted molar refractivity (Wildman–Crippen MR) is 113 cm³/mol. The van der Waals surface area contributed by atoms with Gasteiger partial charge in [-0.15, -0.1) is 0 Å². The smallest absolute Gasteiger partial charge is 0.254 e. The first kappa shape index (κ1) is 18.5. The Balaban J connectivity index is 1.22. The number of hydrogen-bond donors (Lipinski definition) is 1. The third kappa shape index (κ3) is 3.45. The Kier molecular flexibility index (Phi) is 4.75. The van der Waals surface area contributed by atoms with Crippen LogP contribution in [0.25, 0.3) is 10.8 Å². The summed E-state index contributed by atoms with van der Waals surface area (Å²) in [6.45, 7) is 1.42. The van der Waals surface area contributed by atoms with Crippen molar-refractivity contribution in [1.82, 2.24) is 10.2 Å². The van der Waals surface area contributed by atoms with E-state index in [0.717, 1.165) is 29.2 Å². The van der Waals surface area contributed by atoms with E-state index in [2.05, 4.69) is 5.32 Å². The highest BCUT2D eigenvalue weighted by molar-refractivity contribution is 6.07. The molecule has 0 saturated carbocycles. The van der Waals surface area contributed by atoms with E-state index >= 15 is 0 Å². The van der Waals surface area contributed by atoms with Gasteiger partial charge in [-0.3, -0.25) is 9.59 Å². The van der Waals surface area contributed by atoms with Gasteiger partial charge in [-0.25, -0.2) is 0 Å². The number of likely N-dealkylation sites (tertiary alicyclic amines) is 1. The van der Waals surface area contributed by atoms with E-state index < -0.39 is 0 Å². The molecule has 3 aromatic carbocycles. The van der Waals surface area contributed by atoms with Crippen LogP contribution in [0.4, 0.5) is 0 Å². The average molecular weight is 402 g/mol. The Bertz CT molecular complexity index is 1110. The molecule has 2 heterocycles. The normalized spacial score (nSPS) is 15.9. The highest BCUT2D eigenvalue weighted by atomic mass is 16.7. The fraction of sp³-hybridized carbons (Fsp3) is 0.250. The molecule has 0 atom stereocenters. The molecule has 0 bridgehead atoms. The second-order valence-electron chi connectivity index (χ2n) is 7.63. The Morgan fingerprint density at radius 3 is 2.53 bits per heavy atom. The number of carbonyl (C=O) groups is 2. The first-order valence-corrected chi connectivity index (χ1v) is 10.2. The van der Waals surface area contributed by atoms with Gasteiger partial charge < -0.3 is 19.7 Å². The molecule has 0 spiro atoms. The third-order valence-corrected chi connectivity index (χ3v) is 5.77. The lowest BCUT2D eigenvalue weighted by Gasteiger charge is -2.32. The molecule has 1 saturated heterocycles. The molecular formula is C24H22N2O4. The zero-order chi connectivity index (χ0) is 20.5. The molecule has 2 amide bonds. The molecule has 1 N–H and O–H groups in total. The van der Waals surface area contributed by atoms with Gasteiger partial charge in [0.2, 0.25) is 6.79 Å². The van der Waals surface area contributed by atoms with E-state index in [1.54, 1.807) is 18.2 Å². The van der Waals surface area contributed by atoms with Crippen LogP contribution in [0.15, 0.2) is 60.7 Å². The van der Waals surface area contributed by atoms with E-state index in [-0.39, 0.29) is 24.6 Å². The zero-order valence-corrected chi connectivity index (χ0v) is 16.5. The van der Waals surface area contributed by atoms with Crippen molar-refractivity contribution in [3.63, 3.8) is 0 Å². The molecular weight excluding hydrogens is 380 g/mol. The Hall–Kier alpha value is -3.54. The molecule has 2 aliphatic rings. The molecule has 30 heavy (non-hydrogen) atoms. The van der Waals surface area contributed by atoms with Crippen molar-refractivity contribution in [2.75, 3.05) is 19.9 Å². The van der Waals surface area contributed by atoms with Crippen molar-refractivity contribution in [1.29, 1.82) is 0 Å². The summed E-state index contributed by atoms with van der Waals surface area (Å²) in [6.07, 6.45) is 1.46. The number of nitrogens with zero attached hydrogens (tertiary/aromatic N) is 1. The topological polar surface area (TPSA) is 67.9 Å². The van der Waals surface area contributed by atoms with Crippen LogP contribution < -0.4 is 14.8 Å². The number of rotatable bonds is 3. The van der Waals surface area contributed by atoms with Gasteiger partial charge in [0.05, 0.1) is 0 Å². The number of hydrogen-bond acceptors (Lipinski definition) is 4. The number of nitrogens with one attached hydrogen (secondary N) is 1. The predicted octanol–water partition coefficient (Wildman–Crippen LogP) is 3.60. The maximum absolute atomic E-state index is 13.1. The van der Waals surface area contributed by atoms with Crippen LogP contribution >= 0.6 is 0 Å². The first-order chi connectivity index (χ1) is 14.7. The molecule has 2 aliphatic heterocycles. The largest absolute Gasteiger partial charge is 0.454 e. The standard InChI is InChI=1S/C24H22N2O4/c27-23(17-8-9-21-22(14-17)30-15-29-21)25-18-10-12-26(13-11-18)24(28)20-7-3-5-16-4-1-2-6-19(16)20/h1-9,14,18H,10-13,15H2,(H,25,27). The average Bonchev–Trinajstić information content (AvgIpc) is 3.27. The van der Waals surface area contributed by atoms with Gasteiger partial charge in [0.15, 0.2) is 11.5 Å². The van der Waals surface area contributed by atoms with E-state index in [1.165, 1.54) is 0 Å². The lowest BCUT2D eigenvalue weighted by atomic mass is 10.0. The van der Waals surface area contributed by atoms with E-state index in [4.69, 9.17) is 9.47 Å². The van der Waals surface area contributed by atoms with Gasteiger partial charge in [0.1, 0.15) is 0 Å². The fourth-order valence-corrected chi connectivity index (χ4v) is 4.12. The summed E-state index contributed by atoms with van der Waals surface area (Å²) < 4.78 is 10.6. The number of fused-ring (bicyclic) bond motifs is 2. The molecule has 0 unspecified atom stereocenters. The van der Waals surface area contributed by atoms with Gasteiger partial charge >= 0.3 is 0 Å². The molecule has 5 rings (SSSR count). The van der Waals surface area contributed by atoms with Gasteiger partial charge in [-0.2, -0.15) is 0 Å². The number of carbonyl (C=O) groups excluding carboxylic acids is 2. The second kappa shape index (κ2) is 7.71. The minimum absolute atomic E-state index is 0.0412. The molecule has 0 radical (unpaired) electrons. The van der Waals surface area contributed by atoms with Crippen LogP contribution in [0.3, 0.4) is 0 Å². The summed E-state index contributed by atoms with van der Waals surface area (Å²) in [6, 6.07) is 19.0. The van der Waals surface area contributed by atoms with Crippen LogP contribution in [-0.2, 0) is 0 Å². The Labute approximate surface area is 174 Å². The van der Waals surface area contributed by atoms with Crippen LogP contribution in [0.1, 0.15) is 33.6 Å². The van der Waals surface area contributed by atoms with Gasteiger partial charge in [-0.05, 0) is 47.9 Å². The highest BCUT2D eigenvalue weighted by Gasteiger charge is 2.26. The summed E-state index contributed by atoms with van der Waals surface area (Å²) >= 11 is 0. The molecule has 0 aromatic heterocycles. The van der Waals surface area contributed by atoms with E-state index in [1.807, 2.05) is 47.4 Å². The summed E-state index contributed by atoms with van der Waals surface area (Å²) in [5.41, 5.74) is 1.28. The van der Waals surface area contributed by atoms with Crippen molar-refractivity contribution in [3.05, 3.63) is 71.8 Å². The third-order valence-electron chi connectivity index (χ3n) is 5.77.